The van der Waals surface area contributed by atoms with Crippen molar-refractivity contribution in [2.24, 2.45) is 5.41 Å². The molecule has 0 radical (unpaired) electrons. The molecule has 0 atom stereocenters. The maximum atomic E-state index is 13.1. The van der Waals surface area contributed by atoms with Gasteiger partial charge in [0.15, 0.2) is 0 Å². The second kappa shape index (κ2) is 10.4. The van der Waals surface area contributed by atoms with Gasteiger partial charge in [0.1, 0.15) is 11.5 Å². The lowest BCUT2D eigenvalue weighted by molar-refractivity contribution is -0.274. The number of hydrogen-bond donors (Lipinski definition) is 0. The molecule has 10 heteroatoms. The van der Waals surface area contributed by atoms with E-state index in [1.165, 1.54) is 24.1 Å². The zero-order chi connectivity index (χ0) is 25.1. The number of anilines is 1. The SMILES string of the molecule is COC(=O)C(C)(C)CCOc1cc(I)ccc1CC(=O)N1CCc2ccc(OC(F)(F)F)cc21. The predicted octanol–water partition coefficient (Wildman–Crippen LogP) is 5.29. The summed E-state index contributed by atoms with van der Waals surface area (Å²) in [7, 11) is 1.34. The Morgan fingerprint density at radius 1 is 1.12 bits per heavy atom. The molecular formula is C24H25F3INO5. The normalized spacial score (nSPS) is 13.4. The lowest BCUT2D eigenvalue weighted by atomic mass is 9.90. The maximum Gasteiger partial charge on any atom is 0.573 e. The number of carbonyl (C=O) groups excluding carboxylic acids is 2. The van der Waals surface area contributed by atoms with Gasteiger partial charge in [-0.05, 0) is 73.0 Å². The highest BCUT2D eigenvalue weighted by Gasteiger charge is 2.33. The monoisotopic (exact) mass is 591 g/mol. The van der Waals surface area contributed by atoms with Crippen LogP contribution >= 0.6 is 22.6 Å². The molecule has 1 amide bonds. The van der Waals surface area contributed by atoms with Crippen molar-refractivity contribution in [1.29, 1.82) is 0 Å². The lowest BCUT2D eigenvalue weighted by Gasteiger charge is -2.22. The molecule has 0 unspecified atom stereocenters. The number of methoxy groups -OCH3 is 1. The molecule has 1 aliphatic heterocycles. The van der Waals surface area contributed by atoms with Gasteiger partial charge in [-0.25, -0.2) is 0 Å². The van der Waals surface area contributed by atoms with Crippen molar-refractivity contribution in [2.75, 3.05) is 25.2 Å². The number of amides is 1. The zero-order valence-corrected chi connectivity index (χ0v) is 21.2. The van der Waals surface area contributed by atoms with E-state index in [4.69, 9.17) is 9.47 Å². The molecular weight excluding hydrogens is 566 g/mol. The van der Waals surface area contributed by atoms with Crippen molar-refractivity contribution >= 4 is 40.2 Å². The molecule has 1 heterocycles. The number of ether oxygens (including phenoxy) is 3. The minimum Gasteiger partial charge on any atom is -0.493 e. The Balaban J connectivity index is 1.73. The summed E-state index contributed by atoms with van der Waals surface area (Å²) in [4.78, 5) is 26.5. The van der Waals surface area contributed by atoms with Crippen LogP contribution in [0.2, 0.25) is 0 Å². The number of fused-ring (bicyclic) bond motifs is 1. The summed E-state index contributed by atoms with van der Waals surface area (Å²) in [5, 5.41) is 0. The molecule has 6 nitrogen and oxygen atoms in total. The van der Waals surface area contributed by atoms with E-state index in [0.717, 1.165) is 9.13 Å². The van der Waals surface area contributed by atoms with Gasteiger partial charge in [0.2, 0.25) is 5.91 Å². The number of esters is 1. The lowest BCUT2D eigenvalue weighted by Crippen LogP contribution is -2.30. The first-order valence-corrected chi connectivity index (χ1v) is 11.7. The molecule has 2 aromatic rings. The van der Waals surface area contributed by atoms with Crippen molar-refractivity contribution in [3.63, 3.8) is 0 Å². The van der Waals surface area contributed by atoms with Gasteiger partial charge in [-0.1, -0.05) is 12.1 Å². The molecule has 0 N–H and O–H groups in total. The van der Waals surface area contributed by atoms with Crippen molar-refractivity contribution in [3.8, 4) is 11.5 Å². The minimum atomic E-state index is -4.81. The van der Waals surface area contributed by atoms with Crippen LogP contribution in [-0.2, 0) is 27.2 Å². The van der Waals surface area contributed by atoms with E-state index in [1.54, 1.807) is 26.0 Å². The number of halogens is 4. The number of carbonyl (C=O) groups is 2. The van der Waals surface area contributed by atoms with Crippen LogP contribution in [0.3, 0.4) is 0 Å². The molecule has 0 aromatic heterocycles. The van der Waals surface area contributed by atoms with Crippen LogP contribution in [0.5, 0.6) is 11.5 Å². The highest BCUT2D eigenvalue weighted by Crippen LogP contribution is 2.35. The van der Waals surface area contributed by atoms with E-state index < -0.39 is 11.8 Å². The first kappa shape index (κ1) is 26.1. The predicted molar refractivity (Wildman–Crippen MR) is 128 cm³/mol. The largest absolute Gasteiger partial charge is 0.573 e. The maximum absolute atomic E-state index is 13.1. The Morgan fingerprint density at radius 3 is 2.53 bits per heavy atom. The number of hydrogen-bond acceptors (Lipinski definition) is 5. The van der Waals surface area contributed by atoms with Crippen LogP contribution in [0.1, 0.15) is 31.4 Å². The molecule has 184 valence electrons. The molecule has 0 bridgehead atoms. The second-order valence-corrected chi connectivity index (χ2v) is 9.78. The van der Waals surface area contributed by atoms with Gasteiger partial charge < -0.3 is 19.1 Å². The van der Waals surface area contributed by atoms with Crippen LogP contribution in [-0.4, -0.2) is 38.5 Å². The summed E-state index contributed by atoms with van der Waals surface area (Å²) >= 11 is 2.14. The van der Waals surface area contributed by atoms with Crippen LogP contribution < -0.4 is 14.4 Å². The van der Waals surface area contributed by atoms with Gasteiger partial charge in [0.25, 0.3) is 0 Å². The van der Waals surface area contributed by atoms with E-state index in [9.17, 15) is 22.8 Å². The Hall–Kier alpha value is -2.50. The number of benzene rings is 2. The Labute approximate surface area is 209 Å². The molecule has 0 saturated carbocycles. The van der Waals surface area contributed by atoms with E-state index in [2.05, 4.69) is 27.3 Å². The van der Waals surface area contributed by atoms with Crippen LogP contribution in [0, 0.1) is 8.99 Å². The standard InChI is InChI=1S/C24H25F3INO5/c1-23(2,22(31)32-3)9-11-33-20-13-17(28)6-4-16(20)12-21(30)29-10-8-15-5-7-18(14-19(15)29)34-24(25,26)27/h4-7,13-14H,8-12H2,1-3H3. The molecule has 2 aromatic carbocycles. The molecule has 0 fully saturated rings. The molecule has 0 aliphatic carbocycles. The first-order chi connectivity index (χ1) is 15.9. The number of nitrogens with zero attached hydrogens (tertiary/aromatic N) is 1. The fourth-order valence-electron chi connectivity index (χ4n) is 3.68. The van der Waals surface area contributed by atoms with E-state index in [0.29, 0.717) is 36.4 Å². The Kier molecular flexibility index (Phi) is 7.99. The third-order valence-electron chi connectivity index (χ3n) is 5.58. The van der Waals surface area contributed by atoms with Crippen LogP contribution in [0.4, 0.5) is 18.9 Å². The fourth-order valence-corrected chi connectivity index (χ4v) is 4.14. The molecule has 1 aliphatic rings. The van der Waals surface area contributed by atoms with Gasteiger partial charge in [0.05, 0.1) is 31.2 Å². The number of alkyl halides is 3. The topological polar surface area (TPSA) is 65.1 Å². The van der Waals surface area contributed by atoms with Crippen molar-refractivity contribution in [3.05, 3.63) is 51.1 Å². The zero-order valence-electron chi connectivity index (χ0n) is 19.0. The summed E-state index contributed by atoms with van der Waals surface area (Å²) < 4.78 is 53.5. The summed E-state index contributed by atoms with van der Waals surface area (Å²) in [6, 6.07) is 9.49. The summed E-state index contributed by atoms with van der Waals surface area (Å²) in [6.45, 7) is 4.15. The van der Waals surface area contributed by atoms with E-state index >= 15 is 0 Å². The van der Waals surface area contributed by atoms with E-state index in [-0.39, 0.29) is 30.7 Å². The summed E-state index contributed by atoms with van der Waals surface area (Å²) in [5.41, 5.74) is 1.13. The van der Waals surface area contributed by atoms with Crippen molar-refractivity contribution in [2.45, 2.75) is 39.5 Å². The highest BCUT2D eigenvalue weighted by atomic mass is 127. The summed E-state index contributed by atoms with van der Waals surface area (Å²) in [6.07, 6.45) is -3.83. The first-order valence-electron chi connectivity index (χ1n) is 10.6. The third kappa shape index (κ3) is 6.55. The van der Waals surface area contributed by atoms with Crippen molar-refractivity contribution in [1.82, 2.24) is 0 Å². The van der Waals surface area contributed by atoms with Crippen LogP contribution in [0.15, 0.2) is 36.4 Å². The molecule has 0 saturated heterocycles. The quantitative estimate of drug-likeness (QED) is 0.309. The van der Waals surface area contributed by atoms with Crippen molar-refractivity contribution < 1.29 is 37.0 Å². The minimum absolute atomic E-state index is 0.0104. The van der Waals surface area contributed by atoms with Gasteiger partial charge in [-0.3, -0.25) is 9.59 Å². The fraction of sp³-hybridized carbons (Fsp3) is 0.417. The molecule has 0 spiro atoms. The van der Waals surface area contributed by atoms with Gasteiger partial charge in [-0.2, -0.15) is 0 Å². The molecule has 34 heavy (non-hydrogen) atoms. The van der Waals surface area contributed by atoms with Crippen LogP contribution in [0.25, 0.3) is 0 Å². The number of rotatable bonds is 8. The summed E-state index contributed by atoms with van der Waals surface area (Å²) in [5.74, 6) is -0.438. The average molecular weight is 591 g/mol. The Bertz CT molecular complexity index is 1070. The van der Waals surface area contributed by atoms with Gasteiger partial charge in [0, 0.05) is 21.7 Å². The molecule has 3 rings (SSSR count). The second-order valence-electron chi connectivity index (χ2n) is 8.54. The third-order valence-corrected chi connectivity index (χ3v) is 6.25. The average Bonchev–Trinajstić information content (AvgIpc) is 3.17. The van der Waals surface area contributed by atoms with Gasteiger partial charge >= 0.3 is 12.3 Å². The van der Waals surface area contributed by atoms with Gasteiger partial charge in [-0.15, -0.1) is 13.2 Å². The smallest absolute Gasteiger partial charge is 0.493 e. The Morgan fingerprint density at radius 2 is 1.85 bits per heavy atom. The van der Waals surface area contributed by atoms with E-state index in [1.807, 2.05) is 12.1 Å². The highest BCUT2D eigenvalue weighted by molar-refractivity contribution is 14.1.